The van der Waals surface area contributed by atoms with Crippen molar-refractivity contribution in [1.29, 1.82) is 0 Å². The Balaban J connectivity index is 2.66. The number of carbonyl (C=O) groups excluding carboxylic acids is 2. The van der Waals surface area contributed by atoms with Gasteiger partial charge in [-0.25, -0.2) is 4.79 Å². The van der Waals surface area contributed by atoms with Crippen LogP contribution in [-0.2, 0) is 9.63 Å². The van der Waals surface area contributed by atoms with E-state index in [4.69, 9.17) is 11.5 Å². The molecule has 10 heavy (non-hydrogen) atoms. The summed E-state index contributed by atoms with van der Waals surface area (Å²) in [6.45, 7) is 0.0156. The number of rotatable bonds is 0. The Kier molecular flexibility index (Phi) is 1.56. The minimum absolute atomic E-state index is 0.0156. The summed E-state index contributed by atoms with van der Waals surface area (Å²) in [5, 5.41) is 0.463. The van der Waals surface area contributed by atoms with Crippen molar-refractivity contribution >= 4 is 11.9 Å². The Morgan fingerprint density at radius 3 is 2.60 bits per heavy atom. The van der Waals surface area contributed by atoms with Crippen molar-refractivity contribution in [3.63, 3.8) is 0 Å². The third-order valence-corrected chi connectivity index (χ3v) is 1.10. The van der Waals surface area contributed by atoms with Crippen LogP contribution in [0.15, 0.2) is 0 Å². The molecular weight excluding hydrogens is 138 g/mol. The zero-order valence-corrected chi connectivity index (χ0v) is 5.11. The summed E-state index contributed by atoms with van der Waals surface area (Å²) in [5.41, 5.74) is 9.92. The molecule has 0 aromatic carbocycles. The van der Waals surface area contributed by atoms with E-state index in [0.717, 1.165) is 0 Å². The van der Waals surface area contributed by atoms with Crippen LogP contribution in [0.5, 0.6) is 0 Å². The van der Waals surface area contributed by atoms with Gasteiger partial charge in [-0.05, 0) is 0 Å². The van der Waals surface area contributed by atoms with Gasteiger partial charge in [0.05, 0.1) is 6.61 Å². The van der Waals surface area contributed by atoms with Crippen LogP contribution in [0.3, 0.4) is 0 Å². The highest BCUT2D eigenvalue weighted by Gasteiger charge is 2.33. The van der Waals surface area contributed by atoms with E-state index >= 15 is 0 Å². The molecular formula is C4H7N3O3. The first-order valence-electron chi connectivity index (χ1n) is 2.65. The Hall–Kier alpha value is -1.14. The Labute approximate surface area is 56.7 Å². The molecule has 6 nitrogen and oxygen atoms in total. The summed E-state index contributed by atoms with van der Waals surface area (Å²) in [6.07, 6.45) is 0. The van der Waals surface area contributed by atoms with E-state index in [9.17, 15) is 9.59 Å². The van der Waals surface area contributed by atoms with Gasteiger partial charge in [0.2, 0.25) is 0 Å². The standard InChI is InChI=1S/C4H7N3O3/c5-2-1-10-7(3(2)8)4(6)9/h2H,1,5H2,(H2,6,9). The lowest BCUT2D eigenvalue weighted by molar-refractivity contribution is -0.146. The van der Waals surface area contributed by atoms with Gasteiger partial charge in [0.1, 0.15) is 6.04 Å². The van der Waals surface area contributed by atoms with E-state index < -0.39 is 18.0 Å². The molecule has 1 saturated heterocycles. The minimum Gasteiger partial charge on any atom is -0.349 e. The molecule has 1 atom stereocenters. The van der Waals surface area contributed by atoms with Crippen molar-refractivity contribution in [3.05, 3.63) is 0 Å². The highest BCUT2D eigenvalue weighted by molar-refractivity contribution is 5.96. The SMILES string of the molecule is NC(=O)N1OCC(N)C1=O. The Bertz CT molecular complexity index is 181. The van der Waals surface area contributed by atoms with E-state index in [1.165, 1.54) is 0 Å². The summed E-state index contributed by atoms with van der Waals surface area (Å²) in [4.78, 5) is 25.5. The summed E-state index contributed by atoms with van der Waals surface area (Å²) >= 11 is 0. The maximum absolute atomic E-state index is 10.7. The predicted octanol–water partition coefficient (Wildman–Crippen LogP) is -1.83. The monoisotopic (exact) mass is 145 g/mol. The number of primary amides is 1. The zero-order chi connectivity index (χ0) is 7.72. The van der Waals surface area contributed by atoms with Crippen LogP contribution in [-0.4, -0.2) is 29.7 Å². The molecule has 3 amide bonds. The lowest BCUT2D eigenvalue weighted by atomic mass is 10.3. The number of hydrogen-bond acceptors (Lipinski definition) is 4. The summed E-state index contributed by atoms with van der Waals surface area (Å²) in [6, 6.07) is -1.69. The molecule has 0 spiro atoms. The van der Waals surface area contributed by atoms with E-state index in [0.29, 0.717) is 5.06 Å². The smallest absolute Gasteiger partial charge is 0.346 e. The van der Waals surface area contributed by atoms with Crippen LogP contribution in [0.1, 0.15) is 0 Å². The summed E-state index contributed by atoms with van der Waals surface area (Å²) < 4.78 is 0. The molecule has 0 aromatic heterocycles. The molecule has 1 rings (SSSR count). The van der Waals surface area contributed by atoms with Crippen molar-refractivity contribution < 1.29 is 14.4 Å². The quantitative estimate of drug-likeness (QED) is 0.418. The second kappa shape index (κ2) is 2.24. The molecule has 0 aliphatic carbocycles. The number of imide groups is 1. The number of hydrogen-bond donors (Lipinski definition) is 2. The number of carbonyl (C=O) groups is 2. The van der Waals surface area contributed by atoms with Gasteiger partial charge in [-0.2, -0.15) is 0 Å². The minimum atomic E-state index is -0.932. The first kappa shape index (κ1) is 6.97. The van der Waals surface area contributed by atoms with Crippen LogP contribution in [0, 0.1) is 0 Å². The van der Waals surface area contributed by atoms with Crippen LogP contribution in [0.4, 0.5) is 4.79 Å². The molecule has 0 aromatic rings. The molecule has 1 aliphatic rings. The van der Waals surface area contributed by atoms with Crippen LogP contribution < -0.4 is 11.5 Å². The first-order chi connectivity index (χ1) is 4.63. The molecule has 0 bridgehead atoms. The Morgan fingerprint density at radius 2 is 2.40 bits per heavy atom. The van der Waals surface area contributed by atoms with Gasteiger partial charge in [0.15, 0.2) is 0 Å². The van der Waals surface area contributed by atoms with Crippen molar-refractivity contribution in [2.75, 3.05) is 6.61 Å². The second-order valence-corrected chi connectivity index (χ2v) is 1.87. The second-order valence-electron chi connectivity index (χ2n) is 1.87. The lowest BCUT2D eigenvalue weighted by Crippen LogP contribution is -2.40. The fourth-order valence-corrected chi connectivity index (χ4v) is 0.613. The molecule has 1 fully saturated rings. The number of nitrogens with zero attached hydrogens (tertiary/aromatic N) is 1. The molecule has 6 heteroatoms. The summed E-state index contributed by atoms with van der Waals surface area (Å²) in [7, 11) is 0. The normalized spacial score (nSPS) is 25.5. The van der Waals surface area contributed by atoms with Gasteiger partial charge in [-0.3, -0.25) is 9.63 Å². The fraction of sp³-hybridized carbons (Fsp3) is 0.500. The molecule has 1 heterocycles. The van der Waals surface area contributed by atoms with Gasteiger partial charge < -0.3 is 11.5 Å². The van der Waals surface area contributed by atoms with Crippen LogP contribution in [0.2, 0.25) is 0 Å². The van der Waals surface area contributed by atoms with Crippen LogP contribution in [0.25, 0.3) is 0 Å². The van der Waals surface area contributed by atoms with Crippen molar-refractivity contribution in [2.45, 2.75) is 6.04 Å². The van der Waals surface area contributed by atoms with Gasteiger partial charge in [-0.15, -0.1) is 5.06 Å². The largest absolute Gasteiger partial charge is 0.349 e. The average Bonchev–Trinajstić information content (AvgIpc) is 2.14. The highest BCUT2D eigenvalue weighted by Crippen LogP contribution is 2.04. The predicted molar refractivity (Wildman–Crippen MR) is 30.4 cm³/mol. The third-order valence-electron chi connectivity index (χ3n) is 1.10. The van der Waals surface area contributed by atoms with Gasteiger partial charge >= 0.3 is 6.03 Å². The van der Waals surface area contributed by atoms with E-state index in [-0.39, 0.29) is 6.61 Å². The summed E-state index contributed by atoms with van der Waals surface area (Å²) in [5.74, 6) is -0.590. The maximum Gasteiger partial charge on any atom is 0.346 e. The number of hydroxylamine groups is 2. The van der Waals surface area contributed by atoms with Gasteiger partial charge in [0.25, 0.3) is 5.91 Å². The fourth-order valence-electron chi connectivity index (χ4n) is 0.613. The molecule has 1 aliphatic heterocycles. The first-order valence-corrected chi connectivity index (χ1v) is 2.65. The number of nitrogens with two attached hydrogens (primary N) is 2. The van der Waals surface area contributed by atoms with E-state index in [1.54, 1.807) is 0 Å². The van der Waals surface area contributed by atoms with Crippen molar-refractivity contribution in [2.24, 2.45) is 11.5 Å². The molecule has 56 valence electrons. The number of urea groups is 1. The van der Waals surface area contributed by atoms with Gasteiger partial charge in [-0.1, -0.05) is 0 Å². The average molecular weight is 145 g/mol. The van der Waals surface area contributed by atoms with Crippen molar-refractivity contribution in [1.82, 2.24) is 5.06 Å². The molecule has 4 N–H and O–H groups in total. The van der Waals surface area contributed by atoms with E-state index in [2.05, 4.69) is 4.84 Å². The van der Waals surface area contributed by atoms with Gasteiger partial charge in [0, 0.05) is 0 Å². The maximum atomic E-state index is 10.7. The highest BCUT2D eigenvalue weighted by atomic mass is 16.7. The zero-order valence-electron chi connectivity index (χ0n) is 5.11. The molecule has 1 unspecified atom stereocenters. The van der Waals surface area contributed by atoms with E-state index in [1.807, 2.05) is 0 Å². The Morgan fingerprint density at radius 1 is 1.80 bits per heavy atom. The number of amides is 3. The third kappa shape index (κ3) is 0.937. The van der Waals surface area contributed by atoms with Crippen molar-refractivity contribution in [3.8, 4) is 0 Å². The topological polar surface area (TPSA) is 98.7 Å². The lowest BCUT2D eigenvalue weighted by Gasteiger charge is -2.06. The molecule has 0 radical (unpaired) electrons. The van der Waals surface area contributed by atoms with Crippen LogP contribution >= 0.6 is 0 Å². The molecule has 0 saturated carbocycles.